The highest BCUT2D eigenvalue weighted by molar-refractivity contribution is 8.00. The number of hydrogen-bond acceptors (Lipinski definition) is 10. The molecule has 2 N–H and O–H groups in total. The zero-order valence-corrected chi connectivity index (χ0v) is 36.2. The maximum atomic E-state index is 15.6. The molecule has 322 valence electrons. The third-order valence-corrected chi connectivity index (χ3v) is 14.3. The van der Waals surface area contributed by atoms with Gasteiger partial charge in [-0.2, -0.15) is 16.8 Å². The maximum absolute atomic E-state index is 15.6. The largest absolute Gasteiger partial charge is 0.493 e. The molecular formula is C41H55F3N2O9S3. The lowest BCUT2D eigenvalue weighted by Gasteiger charge is -2.51. The minimum Gasteiger partial charge on any atom is -0.493 e. The van der Waals surface area contributed by atoms with Gasteiger partial charge in [0, 0.05) is 78.2 Å². The molecule has 0 aromatic heterocycles. The maximum Gasteiger partial charge on any atom is 0.266 e. The topological polar surface area (TPSA) is 143 Å². The molecular weight excluding hydrogens is 818 g/mol. The van der Waals surface area contributed by atoms with Crippen LogP contribution in [-0.4, -0.2) is 94.6 Å². The minimum absolute atomic E-state index is 0.0276. The second-order valence-electron chi connectivity index (χ2n) is 14.7. The molecule has 1 fully saturated rings. The summed E-state index contributed by atoms with van der Waals surface area (Å²) in [7, 11) is -3.47. The van der Waals surface area contributed by atoms with Crippen LogP contribution in [-0.2, 0) is 26.0 Å². The average molecular weight is 873 g/mol. The monoisotopic (exact) mass is 872 g/mol. The van der Waals surface area contributed by atoms with E-state index >= 15 is 8.78 Å². The fourth-order valence-corrected chi connectivity index (χ4v) is 10.1. The van der Waals surface area contributed by atoms with Crippen molar-refractivity contribution in [2.45, 2.75) is 62.9 Å². The fourth-order valence-electron chi connectivity index (χ4n) is 7.47. The summed E-state index contributed by atoms with van der Waals surface area (Å²) in [5.41, 5.74) is 2.81. The lowest BCUT2D eigenvalue weighted by atomic mass is 9.66. The standard InChI is InChI=1S/C41H55F3N2O9S3/c1-7-38(45(4)32-13-14-39(53-5)40(23-32)54-6)29(3)34(30-9-11-31(42)12-10-30)26-41(16-15-28(41)2)56-27-35-36(43)24-33(25-37(35)44)55-20-8-17-46(18-21-57(47,48)49)19-22-58(50,51)52/h7,9-14,23-25,28-29,34H,8,15-22,26-27H2,1-6H3,(H,47,48,49)(H,50,51,52)/b38-7+. The molecule has 0 aliphatic heterocycles. The summed E-state index contributed by atoms with van der Waals surface area (Å²) in [4.78, 5) is 3.52. The van der Waals surface area contributed by atoms with Crippen molar-refractivity contribution in [3.8, 4) is 17.2 Å². The van der Waals surface area contributed by atoms with Crippen molar-refractivity contribution in [3.05, 3.63) is 94.9 Å². The van der Waals surface area contributed by atoms with Gasteiger partial charge < -0.3 is 24.0 Å². The van der Waals surface area contributed by atoms with Gasteiger partial charge in [0.2, 0.25) is 0 Å². The third kappa shape index (κ3) is 13.0. The molecule has 0 spiro atoms. The predicted octanol–water partition coefficient (Wildman–Crippen LogP) is 8.22. The molecule has 0 heterocycles. The smallest absolute Gasteiger partial charge is 0.266 e. The molecule has 0 amide bonds. The Bertz CT molecular complexity index is 2030. The summed E-state index contributed by atoms with van der Waals surface area (Å²) >= 11 is 1.53. The SMILES string of the molecule is C/C=C(\C(C)C(CC1(SCc2c(F)cc(OCCCN(CCS(=O)(=O)O)CCS(=O)(=O)O)cc2F)CCC1C)c1ccc(F)cc1)N(C)c1ccc(OC)c(OC)c1. The Balaban J connectivity index is 1.49. The van der Waals surface area contributed by atoms with Gasteiger partial charge in [-0.05, 0) is 74.3 Å². The number of benzene rings is 3. The summed E-state index contributed by atoms with van der Waals surface area (Å²) in [6.07, 6.45) is 4.78. The van der Waals surface area contributed by atoms with E-state index in [1.54, 1.807) is 14.2 Å². The van der Waals surface area contributed by atoms with Crippen molar-refractivity contribution in [2.24, 2.45) is 11.8 Å². The average Bonchev–Trinajstić information content (AvgIpc) is 3.16. The Morgan fingerprint density at radius 3 is 2.03 bits per heavy atom. The van der Waals surface area contributed by atoms with Crippen molar-refractivity contribution in [2.75, 3.05) is 63.9 Å². The molecule has 4 unspecified atom stereocenters. The van der Waals surface area contributed by atoms with Gasteiger partial charge in [-0.15, -0.1) is 11.8 Å². The van der Waals surface area contributed by atoms with Gasteiger partial charge in [-0.3, -0.25) is 9.11 Å². The normalized spacial score (nSPS) is 18.4. The van der Waals surface area contributed by atoms with Crippen molar-refractivity contribution < 1.29 is 53.3 Å². The first kappa shape index (κ1) is 47.2. The molecule has 11 nitrogen and oxygen atoms in total. The van der Waals surface area contributed by atoms with Crippen LogP contribution in [0.15, 0.2) is 66.4 Å². The Kier molecular flexibility index (Phi) is 16.8. The first-order valence-corrected chi connectivity index (χ1v) is 23.2. The summed E-state index contributed by atoms with van der Waals surface area (Å²) in [6, 6.07) is 14.5. The van der Waals surface area contributed by atoms with E-state index in [0.29, 0.717) is 17.9 Å². The van der Waals surface area contributed by atoms with Crippen LogP contribution >= 0.6 is 11.8 Å². The number of halogens is 3. The summed E-state index contributed by atoms with van der Waals surface area (Å²) in [5.74, 6) is -1.79. The van der Waals surface area contributed by atoms with Crippen LogP contribution in [0.3, 0.4) is 0 Å². The predicted molar refractivity (Wildman–Crippen MR) is 223 cm³/mol. The Labute approximate surface area is 345 Å². The summed E-state index contributed by atoms with van der Waals surface area (Å²) in [6.45, 7) is 6.00. The fraction of sp³-hybridized carbons (Fsp3) is 0.512. The highest BCUT2D eigenvalue weighted by Crippen LogP contribution is 2.56. The Morgan fingerprint density at radius 1 is 0.931 bits per heavy atom. The number of allylic oxidation sites excluding steroid dienone is 2. The number of rotatable bonds is 23. The number of thioether (sulfide) groups is 1. The quantitative estimate of drug-likeness (QED) is 0.0701. The minimum atomic E-state index is -4.31. The third-order valence-electron chi connectivity index (χ3n) is 11.1. The van der Waals surface area contributed by atoms with E-state index in [1.807, 2.05) is 44.3 Å². The summed E-state index contributed by atoms with van der Waals surface area (Å²) < 4.78 is 125. The molecule has 3 aromatic carbocycles. The highest BCUT2D eigenvalue weighted by Gasteiger charge is 2.47. The van der Waals surface area contributed by atoms with Crippen LogP contribution in [0.4, 0.5) is 18.9 Å². The van der Waals surface area contributed by atoms with Crippen molar-refractivity contribution in [3.63, 3.8) is 0 Å². The van der Waals surface area contributed by atoms with Gasteiger partial charge in [0.1, 0.15) is 23.2 Å². The van der Waals surface area contributed by atoms with Crippen LogP contribution in [0.1, 0.15) is 63.5 Å². The van der Waals surface area contributed by atoms with Gasteiger partial charge in [0.05, 0.1) is 32.3 Å². The molecule has 0 bridgehead atoms. The molecule has 0 saturated heterocycles. The van der Waals surface area contributed by atoms with Gasteiger partial charge in [0.15, 0.2) is 11.5 Å². The van der Waals surface area contributed by atoms with Gasteiger partial charge in [-0.1, -0.05) is 32.1 Å². The van der Waals surface area contributed by atoms with Crippen molar-refractivity contribution in [1.82, 2.24) is 4.90 Å². The number of methoxy groups -OCH3 is 2. The molecule has 17 heteroatoms. The van der Waals surface area contributed by atoms with Gasteiger partial charge in [0.25, 0.3) is 20.2 Å². The second-order valence-corrected chi connectivity index (χ2v) is 19.3. The number of nitrogens with zero attached hydrogens (tertiary/aromatic N) is 2. The molecule has 1 saturated carbocycles. The molecule has 0 radical (unpaired) electrons. The summed E-state index contributed by atoms with van der Waals surface area (Å²) in [5, 5.41) is 0. The second kappa shape index (κ2) is 20.7. The zero-order valence-electron chi connectivity index (χ0n) is 33.8. The van der Waals surface area contributed by atoms with Crippen LogP contribution in [0.5, 0.6) is 17.2 Å². The van der Waals surface area contributed by atoms with E-state index in [9.17, 15) is 21.2 Å². The highest BCUT2D eigenvalue weighted by atomic mass is 32.2. The molecule has 1 aliphatic carbocycles. The van der Waals surface area contributed by atoms with E-state index in [0.717, 1.165) is 41.9 Å². The number of anilines is 1. The van der Waals surface area contributed by atoms with Crippen molar-refractivity contribution in [1.29, 1.82) is 0 Å². The van der Waals surface area contributed by atoms with E-state index < -0.39 is 43.4 Å². The number of hydrogen-bond donors (Lipinski definition) is 2. The molecule has 4 rings (SSSR count). The molecule has 4 atom stereocenters. The van der Waals surface area contributed by atoms with E-state index in [2.05, 4.69) is 24.8 Å². The molecule has 58 heavy (non-hydrogen) atoms. The Hall–Kier alpha value is -3.48. The van der Waals surface area contributed by atoms with Crippen LogP contribution in [0.2, 0.25) is 0 Å². The van der Waals surface area contributed by atoms with Crippen LogP contribution in [0, 0.1) is 29.3 Å². The first-order valence-electron chi connectivity index (χ1n) is 19.0. The van der Waals surface area contributed by atoms with E-state index in [1.165, 1.54) is 28.8 Å². The lowest BCUT2D eigenvalue weighted by molar-refractivity contribution is 0.202. The van der Waals surface area contributed by atoms with Gasteiger partial charge >= 0.3 is 0 Å². The molecule has 1 aliphatic rings. The first-order chi connectivity index (χ1) is 27.3. The van der Waals surface area contributed by atoms with E-state index in [4.69, 9.17) is 23.3 Å². The Morgan fingerprint density at radius 2 is 1.53 bits per heavy atom. The lowest BCUT2D eigenvalue weighted by Crippen LogP contribution is -2.45. The number of ether oxygens (including phenoxy) is 3. The molecule has 3 aromatic rings. The van der Waals surface area contributed by atoms with Crippen LogP contribution < -0.4 is 19.1 Å². The van der Waals surface area contributed by atoms with Crippen LogP contribution in [0.25, 0.3) is 0 Å². The van der Waals surface area contributed by atoms with E-state index in [-0.39, 0.29) is 78.0 Å². The van der Waals surface area contributed by atoms with Crippen molar-refractivity contribution >= 4 is 37.7 Å². The zero-order chi connectivity index (χ0) is 42.8. The van der Waals surface area contributed by atoms with Gasteiger partial charge in [-0.25, -0.2) is 13.2 Å².